The predicted molar refractivity (Wildman–Crippen MR) is 66.7 cm³/mol. The Balaban J connectivity index is 3.18. The van der Waals surface area contributed by atoms with Gasteiger partial charge in [-0.05, 0) is 24.4 Å². The average molecular weight is 259 g/mol. The second-order valence-corrected chi connectivity index (χ2v) is 4.90. The van der Waals surface area contributed by atoms with Gasteiger partial charge in [-0.3, -0.25) is 0 Å². The molecule has 1 rings (SSSR count). The van der Waals surface area contributed by atoms with E-state index in [9.17, 15) is 13.2 Å². The van der Waals surface area contributed by atoms with Crippen molar-refractivity contribution in [1.82, 2.24) is 5.32 Å². The minimum atomic E-state index is -1.40. The molecule has 0 aliphatic carbocycles. The molecule has 0 aliphatic heterocycles. The first-order chi connectivity index (χ1) is 8.40. The van der Waals surface area contributed by atoms with Crippen molar-refractivity contribution in [2.75, 3.05) is 6.54 Å². The van der Waals surface area contributed by atoms with Gasteiger partial charge in [0.2, 0.25) is 0 Å². The SMILES string of the molecule is CCNC(c1ccc(F)c(F)c1F)C(C)C(C)C. The maximum Gasteiger partial charge on any atom is 0.194 e. The molecule has 0 heterocycles. The van der Waals surface area contributed by atoms with Crippen LogP contribution >= 0.6 is 0 Å². The van der Waals surface area contributed by atoms with Crippen LogP contribution in [0.2, 0.25) is 0 Å². The lowest BCUT2D eigenvalue weighted by molar-refractivity contribution is 0.296. The summed E-state index contributed by atoms with van der Waals surface area (Å²) in [5.74, 6) is -3.21. The van der Waals surface area contributed by atoms with Crippen LogP contribution in [0.4, 0.5) is 13.2 Å². The third kappa shape index (κ3) is 3.05. The normalized spacial score (nSPS) is 14.9. The van der Waals surface area contributed by atoms with Crippen molar-refractivity contribution in [2.45, 2.75) is 33.7 Å². The fraction of sp³-hybridized carbons (Fsp3) is 0.571. The Kier molecular flexibility index (Phi) is 5.20. The summed E-state index contributed by atoms with van der Waals surface area (Å²) >= 11 is 0. The molecule has 0 radical (unpaired) electrons. The highest BCUT2D eigenvalue weighted by Crippen LogP contribution is 2.30. The Labute approximate surface area is 106 Å². The van der Waals surface area contributed by atoms with Crippen molar-refractivity contribution in [1.29, 1.82) is 0 Å². The summed E-state index contributed by atoms with van der Waals surface area (Å²) in [4.78, 5) is 0. The number of hydrogen-bond acceptors (Lipinski definition) is 1. The van der Waals surface area contributed by atoms with Crippen molar-refractivity contribution in [2.24, 2.45) is 11.8 Å². The quantitative estimate of drug-likeness (QED) is 0.787. The van der Waals surface area contributed by atoms with E-state index >= 15 is 0 Å². The summed E-state index contributed by atoms with van der Waals surface area (Å²) in [6.45, 7) is 8.55. The van der Waals surface area contributed by atoms with Gasteiger partial charge in [0.05, 0.1) is 0 Å². The second kappa shape index (κ2) is 6.23. The van der Waals surface area contributed by atoms with Gasteiger partial charge in [0, 0.05) is 11.6 Å². The molecular weight excluding hydrogens is 239 g/mol. The van der Waals surface area contributed by atoms with Gasteiger partial charge in [-0.25, -0.2) is 13.2 Å². The number of hydrogen-bond donors (Lipinski definition) is 1. The van der Waals surface area contributed by atoms with Gasteiger partial charge in [0.25, 0.3) is 0 Å². The summed E-state index contributed by atoms with van der Waals surface area (Å²) in [6, 6.07) is 1.98. The summed E-state index contributed by atoms with van der Waals surface area (Å²) in [7, 11) is 0. The number of halogens is 3. The zero-order valence-electron chi connectivity index (χ0n) is 11.2. The first-order valence-corrected chi connectivity index (χ1v) is 6.26. The third-order valence-electron chi connectivity index (χ3n) is 3.40. The van der Waals surface area contributed by atoms with Crippen LogP contribution in [0.5, 0.6) is 0 Å². The van der Waals surface area contributed by atoms with E-state index in [-0.39, 0.29) is 17.5 Å². The van der Waals surface area contributed by atoms with Crippen LogP contribution < -0.4 is 5.32 Å². The molecule has 0 saturated carbocycles. The standard InChI is InChI=1S/C14H20F3N/c1-5-18-14(9(4)8(2)3)10-6-7-11(15)13(17)12(10)16/h6-9,14,18H,5H2,1-4H3. The first kappa shape index (κ1) is 15.0. The molecule has 0 saturated heterocycles. The zero-order chi connectivity index (χ0) is 13.9. The highest BCUT2D eigenvalue weighted by molar-refractivity contribution is 5.24. The van der Waals surface area contributed by atoms with Crippen LogP contribution in [0.25, 0.3) is 0 Å². The highest BCUT2D eigenvalue weighted by Gasteiger charge is 2.26. The molecule has 18 heavy (non-hydrogen) atoms. The molecule has 0 fully saturated rings. The molecule has 1 nitrogen and oxygen atoms in total. The fourth-order valence-electron chi connectivity index (χ4n) is 1.96. The predicted octanol–water partition coefficient (Wildman–Crippen LogP) is 4.05. The van der Waals surface area contributed by atoms with Crippen LogP contribution in [0, 0.1) is 29.3 Å². The molecular formula is C14H20F3N. The molecule has 0 spiro atoms. The Morgan fingerprint density at radius 1 is 1.06 bits per heavy atom. The van der Waals surface area contributed by atoms with Crippen molar-refractivity contribution in [3.8, 4) is 0 Å². The first-order valence-electron chi connectivity index (χ1n) is 6.26. The topological polar surface area (TPSA) is 12.0 Å². The minimum Gasteiger partial charge on any atom is -0.310 e. The molecule has 1 N–H and O–H groups in total. The van der Waals surface area contributed by atoms with E-state index in [1.807, 2.05) is 27.7 Å². The molecule has 0 bridgehead atoms. The molecule has 2 unspecified atom stereocenters. The van der Waals surface area contributed by atoms with Crippen LogP contribution in [-0.4, -0.2) is 6.54 Å². The van der Waals surface area contributed by atoms with E-state index < -0.39 is 17.5 Å². The molecule has 0 aliphatic rings. The maximum absolute atomic E-state index is 13.8. The molecule has 4 heteroatoms. The molecule has 1 aromatic rings. The Morgan fingerprint density at radius 3 is 2.17 bits per heavy atom. The van der Waals surface area contributed by atoms with Crippen molar-refractivity contribution >= 4 is 0 Å². The maximum atomic E-state index is 13.8. The van der Waals surface area contributed by atoms with Gasteiger partial charge < -0.3 is 5.32 Å². The zero-order valence-corrected chi connectivity index (χ0v) is 11.2. The lowest BCUT2D eigenvalue weighted by Gasteiger charge is -2.28. The van der Waals surface area contributed by atoms with Crippen molar-refractivity contribution in [3.63, 3.8) is 0 Å². The van der Waals surface area contributed by atoms with Gasteiger partial charge in [0.15, 0.2) is 17.5 Å². The van der Waals surface area contributed by atoms with E-state index in [1.165, 1.54) is 6.07 Å². The lowest BCUT2D eigenvalue weighted by atomic mass is 9.85. The Morgan fingerprint density at radius 2 is 1.67 bits per heavy atom. The van der Waals surface area contributed by atoms with Gasteiger partial charge in [-0.2, -0.15) is 0 Å². The van der Waals surface area contributed by atoms with E-state index in [2.05, 4.69) is 5.32 Å². The summed E-state index contributed by atoms with van der Waals surface area (Å²) in [6.07, 6.45) is 0. The summed E-state index contributed by atoms with van der Waals surface area (Å²) < 4.78 is 40.0. The van der Waals surface area contributed by atoms with E-state index in [0.29, 0.717) is 12.5 Å². The molecule has 1 aromatic carbocycles. The fourth-order valence-corrected chi connectivity index (χ4v) is 1.96. The van der Waals surface area contributed by atoms with Gasteiger partial charge in [0.1, 0.15) is 0 Å². The lowest BCUT2D eigenvalue weighted by Crippen LogP contribution is -2.30. The summed E-state index contributed by atoms with van der Waals surface area (Å²) in [5, 5.41) is 3.14. The average Bonchev–Trinajstić information content (AvgIpc) is 2.33. The largest absolute Gasteiger partial charge is 0.310 e. The van der Waals surface area contributed by atoms with Crippen LogP contribution in [0.3, 0.4) is 0 Å². The minimum absolute atomic E-state index is 0.115. The summed E-state index contributed by atoms with van der Waals surface area (Å²) in [5.41, 5.74) is 0.192. The monoisotopic (exact) mass is 259 g/mol. The molecule has 0 amide bonds. The van der Waals surface area contributed by atoms with Crippen LogP contribution in [-0.2, 0) is 0 Å². The number of nitrogens with one attached hydrogen (secondary N) is 1. The highest BCUT2D eigenvalue weighted by atomic mass is 19.2. The van der Waals surface area contributed by atoms with Gasteiger partial charge >= 0.3 is 0 Å². The van der Waals surface area contributed by atoms with Crippen molar-refractivity contribution < 1.29 is 13.2 Å². The van der Waals surface area contributed by atoms with Crippen molar-refractivity contribution in [3.05, 3.63) is 35.1 Å². The van der Waals surface area contributed by atoms with E-state index in [4.69, 9.17) is 0 Å². The number of rotatable bonds is 5. The van der Waals surface area contributed by atoms with E-state index in [0.717, 1.165) is 6.07 Å². The van der Waals surface area contributed by atoms with Gasteiger partial charge in [-0.15, -0.1) is 0 Å². The Hall–Kier alpha value is -1.03. The van der Waals surface area contributed by atoms with Crippen LogP contribution in [0.15, 0.2) is 12.1 Å². The second-order valence-electron chi connectivity index (χ2n) is 4.90. The third-order valence-corrected chi connectivity index (χ3v) is 3.40. The van der Waals surface area contributed by atoms with E-state index in [1.54, 1.807) is 0 Å². The molecule has 0 aromatic heterocycles. The Bertz CT molecular complexity index is 404. The molecule has 2 atom stereocenters. The smallest absolute Gasteiger partial charge is 0.194 e. The number of benzene rings is 1. The van der Waals surface area contributed by atoms with Crippen LogP contribution in [0.1, 0.15) is 39.3 Å². The molecule has 102 valence electrons. The van der Waals surface area contributed by atoms with Gasteiger partial charge in [-0.1, -0.05) is 33.8 Å².